The summed E-state index contributed by atoms with van der Waals surface area (Å²) in [6, 6.07) is 7.75. The molecule has 1 heterocycles. The summed E-state index contributed by atoms with van der Waals surface area (Å²) in [5.74, 6) is 2.12. The van der Waals surface area contributed by atoms with Crippen molar-refractivity contribution >= 4 is 0 Å². The number of nitrogens with zero attached hydrogens (tertiary/aromatic N) is 2. The second kappa shape index (κ2) is 8.21. The molecule has 0 unspecified atom stereocenters. The van der Waals surface area contributed by atoms with Crippen molar-refractivity contribution in [3.05, 3.63) is 48.0 Å². The van der Waals surface area contributed by atoms with E-state index >= 15 is 0 Å². The van der Waals surface area contributed by atoms with Crippen LogP contribution in [0.15, 0.2) is 36.7 Å². The topological polar surface area (TPSA) is 56.3 Å². The molecule has 2 rings (SSSR count). The summed E-state index contributed by atoms with van der Waals surface area (Å²) >= 11 is 0. The zero-order valence-corrected chi connectivity index (χ0v) is 12.5. The van der Waals surface area contributed by atoms with E-state index in [1.54, 1.807) is 18.5 Å². The Morgan fingerprint density at radius 2 is 1.86 bits per heavy atom. The third-order valence-corrected chi connectivity index (χ3v) is 2.86. The first-order valence-electron chi connectivity index (χ1n) is 7.18. The summed E-state index contributed by atoms with van der Waals surface area (Å²) in [5.41, 5.74) is 1.17. The van der Waals surface area contributed by atoms with Gasteiger partial charge in [0.15, 0.2) is 17.3 Å². The Morgan fingerprint density at radius 1 is 1.05 bits per heavy atom. The van der Waals surface area contributed by atoms with Gasteiger partial charge in [0.1, 0.15) is 6.61 Å². The minimum atomic E-state index is 0.327. The molecule has 0 aliphatic heterocycles. The highest BCUT2D eigenvalue weighted by Gasteiger charge is 2.07. The number of benzene rings is 1. The lowest BCUT2D eigenvalue weighted by Gasteiger charge is -2.13. The molecule has 5 heteroatoms. The molecule has 21 heavy (non-hydrogen) atoms. The summed E-state index contributed by atoms with van der Waals surface area (Å²) in [7, 11) is 0. The standard InChI is InChI=1S/C16H21N3O2/c1-3-17-11-13-6-7-14(15(10-13)20-4-2)21-12-16-18-8-5-9-19-16/h5-10,17H,3-4,11-12H2,1-2H3. The van der Waals surface area contributed by atoms with Crippen molar-refractivity contribution in [2.75, 3.05) is 13.2 Å². The van der Waals surface area contributed by atoms with Crippen LogP contribution in [-0.2, 0) is 13.2 Å². The number of rotatable bonds is 8. The van der Waals surface area contributed by atoms with Gasteiger partial charge in [-0.25, -0.2) is 9.97 Å². The maximum absolute atomic E-state index is 5.76. The molecule has 0 saturated heterocycles. The van der Waals surface area contributed by atoms with Gasteiger partial charge in [0.2, 0.25) is 0 Å². The third kappa shape index (κ3) is 4.72. The number of ether oxygens (including phenoxy) is 2. The van der Waals surface area contributed by atoms with Gasteiger partial charge in [-0.15, -0.1) is 0 Å². The third-order valence-electron chi connectivity index (χ3n) is 2.86. The minimum Gasteiger partial charge on any atom is -0.490 e. The molecule has 1 aromatic carbocycles. The molecule has 112 valence electrons. The lowest BCUT2D eigenvalue weighted by molar-refractivity contribution is 0.263. The first-order valence-corrected chi connectivity index (χ1v) is 7.18. The van der Waals surface area contributed by atoms with Crippen molar-refractivity contribution < 1.29 is 9.47 Å². The van der Waals surface area contributed by atoms with E-state index in [9.17, 15) is 0 Å². The second-order valence-corrected chi connectivity index (χ2v) is 4.45. The van der Waals surface area contributed by atoms with Crippen LogP contribution in [0.4, 0.5) is 0 Å². The van der Waals surface area contributed by atoms with E-state index < -0.39 is 0 Å². The van der Waals surface area contributed by atoms with Crippen LogP contribution in [0.1, 0.15) is 25.2 Å². The molecular weight excluding hydrogens is 266 g/mol. The Labute approximate surface area is 125 Å². The van der Waals surface area contributed by atoms with E-state index in [-0.39, 0.29) is 0 Å². The van der Waals surface area contributed by atoms with Crippen LogP contribution < -0.4 is 14.8 Å². The molecule has 0 atom stereocenters. The summed E-state index contributed by atoms with van der Waals surface area (Å²) in [5, 5.41) is 3.29. The van der Waals surface area contributed by atoms with Gasteiger partial charge in [-0.2, -0.15) is 0 Å². The van der Waals surface area contributed by atoms with Gasteiger partial charge in [0.25, 0.3) is 0 Å². The Hall–Kier alpha value is -2.14. The fourth-order valence-corrected chi connectivity index (χ4v) is 1.87. The monoisotopic (exact) mass is 287 g/mol. The van der Waals surface area contributed by atoms with E-state index in [1.807, 2.05) is 25.1 Å². The summed E-state index contributed by atoms with van der Waals surface area (Å²) in [4.78, 5) is 8.28. The van der Waals surface area contributed by atoms with Crippen molar-refractivity contribution in [3.63, 3.8) is 0 Å². The molecule has 0 amide bonds. The number of nitrogens with one attached hydrogen (secondary N) is 1. The van der Waals surface area contributed by atoms with Gasteiger partial charge in [-0.05, 0) is 37.2 Å². The van der Waals surface area contributed by atoms with Gasteiger partial charge < -0.3 is 14.8 Å². The van der Waals surface area contributed by atoms with Crippen molar-refractivity contribution in [1.29, 1.82) is 0 Å². The van der Waals surface area contributed by atoms with Crippen molar-refractivity contribution in [2.45, 2.75) is 27.0 Å². The van der Waals surface area contributed by atoms with Crippen LogP contribution in [0.3, 0.4) is 0 Å². The van der Waals surface area contributed by atoms with Gasteiger partial charge in [-0.3, -0.25) is 0 Å². The first-order chi connectivity index (χ1) is 10.3. The van der Waals surface area contributed by atoms with E-state index in [1.165, 1.54) is 5.56 Å². The van der Waals surface area contributed by atoms with Gasteiger partial charge >= 0.3 is 0 Å². The highest BCUT2D eigenvalue weighted by Crippen LogP contribution is 2.29. The highest BCUT2D eigenvalue weighted by molar-refractivity contribution is 5.43. The predicted octanol–water partition coefficient (Wildman–Crippen LogP) is 2.56. The molecule has 5 nitrogen and oxygen atoms in total. The predicted molar refractivity (Wildman–Crippen MR) is 81.4 cm³/mol. The fraction of sp³-hybridized carbons (Fsp3) is 0.375. The lowest BCUT2D eigenvalue weighted by Crippen LogP contribution is -2.12. The zero-order chi connectivity index (χ0) is 14.9. The van der Waals surface area contributed by atoms with Crippen molar-refractivity contribution in [3.8, 4) is 11.5 Å². The minimum absolute atomic E-state index is 0.327. The molecule has 0 bridgehead atoms. The maximum Gasteiger partial charge on any atom is 0.166 e. The number of hydrogen-bond acceptors (Lipinski definition) is 5. The van der Waals surface area contributed by atoms with Crippen LogP contribution >= 0.6 is 0 Å². The Morgan fingerprint density at radius 3 is 2.57 bits per heavy atom. The summed E-state index contributed by atoms with van der Waals surface area (Å²) < 4.78 is 11.4. The van der Waals surface area contributed by atoms with Crippen LogP contribution in [0.2, 0.25) is 0 Å². The van der Waals surface area contributed by atoms with Crippen LogP contribution in [-0.4, -0.2) is 23.1 Å². The fourth-order valence-electron chi connectivity index (χ4n) is 1.87. The average Bonchev–Trinajstić information content (AvgIpc) is 2.53. The molecule has 0 aliphatic carbocycles. The normalized spacial score (nSPS) is 10.4. The van der Waals surface area contributed by atoms with Crippen molar-refractivity contribution in [2.24, 2.45) is 0 Å². The molecule has 2 aromatic rings. The molecule has 0 radical (unpaired) electrons. The molecule has 0 saturated carbocycles. The summed E-state index contributed by atoms with van der Waals surface area (Å²) in [6.07, 6.45) is 3.41. The molecule has 0 aliphatic rings. The Bertz CT molecular complexity index is 546. The maximum atomic E-state index is 5.76. The van der Waals surface area contributed by atoms with Gasteiger partial charge in [0.05, 0.1) is 6.61 Å². The molecular formula is C16H21N3O2. The molecule has 1 aromatic heterocycles. The summed E-state index contributed by atoms with van der Waals surface area (Å²) in [6.45, 7) is 6.73. The van der Waals surface area contributed by atoms with E-state index in [4.69, 9.17) is 9.47 Å². The molecule has 0 spiro atoms. The lowest BCUT2D eigenvalue weighted by atomic mass is 10.2. The van der Waals surface area contributed by atoms with Gasteiger partial charge in [-0.1, -0.05) is 13.0 Å². The highest BCUT2D eigenvalue weighted by atomic mass is 16.5. The smallest absolute Gasteiger partial charge is 0.166 e. The number of aromatic nitrogens is 2. The molecule has 1 N–H and O–H groups in total. The largest absolute Gasteiger partial charge is 0.490 e. The quantitative estimate of drug-likeness (QED) is 0.808. The second-order valence-electron chi connectivity index (χ2n) is 4.45. The average molecular weight is 287 g/mol. The van der Waals surface area contributed by atoms with E-state index in [0.717, 1.165) is 18.8 Å². The van der Waals surface area contributed by atoms with E-state index in [0.29, 0.717) is 24.8 Å². The Balaban J connectivity index is 2.06. The number of hydrogen-bond donors (Lipinski definition) is 1. The van der Waals surface area contributed by atoms with Crippen LogP contribution in [0.25, 0.3) is 0 Å². The van der Waals surface area contributed by atoms with Crippen LogP contribution in [0.5, 0.6) is 11.5 Å². The first kappa shape index (κ1) is 15.3. The van der Waals surface area contributed by atoms with Gasteiger partial charge in [0, 0.05) is 18.9 Å². The Kier molecular flexibility index (Phi) is 5.97. The van der Waals surface area contributed by atoms with E-state index in [2.05, 4.69) is 22.2 Å². The van der Waals surface area contributed by atoms with Crippen LogP contribution in [0, 0.1) is 0 Å². The molecule has 0 fully saturated rings. The SMILES string of the molecule is CCNCc1ccc(OCc2ncccn2)c(OCC)c1. The zero-order valence-electron chi connectivity index (χ0n) is 12.5. The van der Waals surface area contributed by atoms with Crippen molar-refractivity contribution in [1.82, 2.24) is 15.3 Å².